The van der Waals surface area contributed by atoms with Crippen molar-refractivity contribution in [1.29, 1.82) is 0 Å². The minimum absolute atomic E-state index is 0.544. The van der Waals surface area contributed by atoms with E-state index < -0.39 is 0 Å². The molecule has 0 aromatic carbocycles. The number of anilines is 1. The minimum atomic E-state index is 0.544. The highest BCUT2D eigenvalue weighted by Gasteiger charge is 2.21. The van der Waals surface area contributed by atoms with Crippen LogP contribution >= 0.6 is 11.8 Å². The van der Waals surface area contributed by atoms with Crippen LogP contribution < -0.4 is 10.2 Å². The van der Waals surface area contributed by atoms with Crippen molar-refractivity contribution in [3.05, 3.63) is 24.0 Å². The van der Waals surface area contributed by atoms with Crippen molar-refractivity contribution in [1.82, 2.24) is 10.3 Å². The van der Waals surface area contributed by atoms with Crippen LogP contribution in [0.15, 0.2) is 18.5 Å². The average Bonchev–Trinajstić information content (AvgIpc) is 3.20. The molecule has 0 bridgehead atoms. The fourth-order valence-electron chi connectivity index (χ4n) is 2.03. The predicted molar refractivity (Wildman–Crippen MR) is 80.3 cm³/mol. The highest BCUT2D eigenvalue weighted by Crippen LogP contribution is 2.24. The standard InChI is InChI=1S/C14H23N3S/c1-11(10-18-3)17(2)14-6-7-15-8-12(14)9-16-13-4-5-13/h6-8,11,13,16H,4-5,9-10H2,1-3H3. The Balaban J connectivity index is 2.04. The number of rotatable bonds is 7. The zero-order valence-electron chi connectivity index (χ0n) is 11.5. The van der Waals surface area contributed by atoms with Gasteiger partial charge in [0.2, 0.25) is 0 Å². The molecule has 0 saturated heterocycles. The number of hydrogen-bond acceptors (Lipinski definition) is 4. The van der Waals surface area contributed by atoms with Gasteiger partial charge >= 0.3 is 0 Å². The van der Waals surface area contributed by atoms with Gasteiger partial charge < -0.3 is 10.2 Å². The van der Waals surface area contributed by atoms with Crippen LogP contribution in [0.25, 0.3) is 0 Å². The first-order valence-corrected chi connectivity index (χ1v) is 7.99. The second-order valence-electron chi connectivity index (χ2n) is 5.07. The molecular weight excluding hydrogens is 242 g/mol. The quantitative estimate of drug-likeness (QED) is 0.820. The molecule has 3 nitrogen and oxygen atoms in total. The molecule has 1 unspecified atom stereocenters. The molecular formula is C14H23N3S. The molecule has 2 rings (SSSR count). The lowest BCUT2D eigenvalue weighted by Gasteiger charge is -2.28. The maximum Gasteiger partial charge on any atom is 0.0442 e. The van der Waals surface area contributed by atoms with Crippen molar-refractivity contribution in [2.75, 3.05) is 24.0 Å². The molecule has 1 aromatic rings. The normalized spacial score (nSPS) is 16.6. The van der Waals surface area contributed by atoms with Crippen LogP contribution in [0.3, 0.4) is 0 Å². The number of thioether (sulfide) groups is 1. The van der Waals surface area contributed by atoms with E-state index in [1.165, 1.54) is 24.1 Å². The Labute approximate surface area is 114 Å². The summed E-state index contributed by atoms with van der Waals surface area (Å²) < 4.78 is 0. The van der Waals surface area contributed by atoms with Gasteiger partial charge in [-0.1, -0.05) is 0 Å². The van der Waals surface area contributed by atoms with Crippen LogP contribution in [0.1, 0.15) is 25.3 Å². The molecule has 1 fully saturated rings. The fourth-order valence-corrected chi connectivity index (χ4v) is 2.74. The number of aromatic nitrogens is 1. The largest absolute Gasteiger partial charge is 0.371 e. The number of nitrogens with one attached hydrogen (secondary N) is 1. The van der Waals surface area contributed by atoms with Gasteiger partial charge in [0.25, 0.3) is 0 Å². The molecule has 1 aliphatic rings. The van der Waals surface area contributed by atoms with E-state index in [9.17, 15) is 0 Å². The number of pyridine rings is 1. The van der Waals surface area contributed by atoms with E-state index in [-0.39, 0.29) is 0 Å². The zero-order valence-corrected chi connectivity index (χ0v) is 12.3. The summed E-state index contributed by atoms with van der Waals surface area (Å²) in [7, 11) is 2.18. The molecule has 18 heavy (non-hydrogen) atoms. The number of hydrogen-bond donors (Lipinski definition) is 1. The maximum absolute atomic E-state index is 4.26. The summed E-state index contributed by atoms with van der Waals surface area (Å²) in [6.45, 7) is 3.21. The van der Waals surface area contributed by atoms with Gasteiger partial charge in [-0.15, -0.1) is 0 Å². The molecule has 1 heterocycles. The Morgan fingerprint density at radius 2 is 2.33 bits per heavy atom. The first-order valence-electron chi connectivity index (χ1n) is 6.60. The molecule has 100 valence electrons. The summed E-state index contributed by atoms with van der Waals surface area (Å²) in [4.78, 5) is 6.62. The van der Waals surface area contributed by atoms with Gasteiger partial charge in [0, 0.05) is 55.1 Å². The molecule has 0 aliphatic heterocycles. The molecule has 4 heteroatoms. The number of nitrogens with zero attached hydrogens (tertiary/aromatic N) is 2. The molecule has 1 saturated carbocycles. The minimum Gasteiger partial charge on any atom is -0.371 e. The Morgan fingerprint density at radius 3 is 3.00 bits per heavy atom. The van der Waals surface area contributed by atoms with E-state index in [1.54, 1.807) is 0 Å². The lowest BCUT2D eigenvalue weighted by molar-refractivity contribution is 0.678. The van der Waals surface area contributed by atoms with Crippen molar-refractivity contribution in [2.24, 2.45) is 0 Å². The summed E-state index contributed by atoms with van der Waals surface area (Å²) >= 11 is 1.89. The smallest absolute Gasteiger partial charge is 0.0442 e. The van der Waals surface area contributed by atoms with Crippen molar-refractivity contribution >= 4 is 17.4 Å². The average molecular weight is 265 g/mol. The Kier molecular flexibility index (Phi) is 4.89. The molecule has 1 aliphatic carbocycles. The van der Waals surface area contributed by atoms with Gasteiger partial charge in [-0.2, -0.15) is 11.8 Å². The SMILES string of the molecule is CSCC(C)N(C)c1ccncc1CNC1CC1. The van der Waals surface area contributed by atoms with E-state index in [1.807, 2.05) is 24.2 Å². The fraction of sp³-hybridized carbons (Fsp3) is 0.643. The topological polar surface area (TPSA) is 28.2 Å². The monoisotopic (exact) mass is 265 g/mol. The highest BCUT2D eigenvalue weighted by molar-refractivity contribution is 7.98. The van der Waals surface area contributed by atoms with E-state index in [2.05, 4.69) is 41.5 Å². The third kappa shape index (κ3) is 3.62. The van der Waals surface area contributed by atoms with Crippen molar-refractivity contribution in [3.63, 3.8) is 0 Å². The molecule has 0 spiro atoms. The molecule has 1 N–H and O–H groups in total. The third-order valence-electron chi connectivity index (χ3n) is 3.49. The van der Waals surface area contributed by atoms with Crippen LogP contribution in [0.2, 0.25) is 0 Å². The zero-order chi connectivity index (χ0) is 13.0. The van der Waals surface area contributed by atoms with Gasteiger partial charge in [-0.3, -0.25) is 4.98 Å². The summed E-state index contributed by atoms with van der Waals surface area (Å²) in [6.07, 6.45) is 8.69. The Bertz CT molecular complexity index is 379. The molecule has 0 radical (unpaired) electrons. The first-order chi connectivity index (χ1) is 8.72. The molecule has 1 aromatic heterocycles. The van der Waals surface area contributed by atoms with Crippen LogP contribution in [0.4, 0.5) is 5.69 Å². The van der Waals surface area contributed by atoms with Crippen LogP contribution in [-0.4, -0.2) is 36.1 Å². The van der Waals surface area contributed by atoms with Crippen molar-refractivity contribution < 1.29 is 0 Å². The third-order valence-corrected chi connectivity index (χ3v) is 4.30. The van der Waals surface area contributed by atoms with Gasteiger partial charge in [0.05, 0.1) is 0 Å². The predicted octanol–water partition coefficient (Wildman–Crippen LogP) is 2.52. The molecule has 0 amide bonds. The van der Waals surface area contributed by atoms with E-state index in [0.717, 1.165) is 18.3 Å². The summed E-state index contributed by atoms with van der Waals surface area (Å²) in [6, 6.07) is 3.41. The van der Waals surface area contributed by atoms with E-state index in [4.69, 9.17) is 0 Å². The second-order valence-corrected chi connectivity index (χ2v) is 5.99. The summed E-state index contributed by atoms with van der Waals surface area (Å²) in [5.41, 5.74) is 2.61. The first kappa shape index (κ1) is 13.7. The van der Waals surface area contributed by atoms with E-state index in [0.29, 0.717) is 6.04 Å². The highest BCUT2D eigenvalue weighted by atomic mass is 32.2. The van der Waals surface area contributed by atoms with Gasteiger partial charge in [-0.05, 0) is 32.1 Å². The lowest BCUT2D eigenvalue weighted by Crippen LogP contribution is -2.32. The lowest BCUT2D eigenvalue weighted by atomic mass is 10.2. The van der Waals surface area contributed by atoms with Crippen LogP contribution in [0.5, 0.6) is 0 Å². The molecule has 1 atom stereocenters. The van der Waals surface area contributed by atoms with Crippen molar-refractivity contribution in [3.8, 4) is 0 Å². The van der Waals surface area contributed by atoms with E-state index >= 15 is 0 Å². The summed E-state index contributed by atoms with van der Waals surface area (Å²) in [5.74, 6) is 1.15. The van der Waals surface area contributed by atoms with Gasteiger partial charge in [0.1, 0.15) is 0 Å². The van der Waals surface area contributed by atoms with Crippen molar-refractivity contribution in [2.45, 2.75) is 38.4 Å². The summed E-state index contributed by atoms with van der Waals surface area (Å²) in [5, 5.41) is 3.57. The maximum atomic E-state index is 4.26. The Hall–Kier alpha value is -0.740. The van der Waals surface area contributed by atoms with Crippen LogP contribution in [-0.2, 0) is 6.54 Å². The Morgan fingerprint density at radius 1 is 1.56 bits per heavy atom. The second kappa shape index (κ2) is 6.43. The van der Waals surface area contributed by atoms with Gasteiger partial charge in [-0.25, -0.2) is 0 Å². The van der Waals surface area contributed by atoms with Gasteiger partial charge in [0.15, 0.2) is 0 Å². The van der Waals surface area contributed by atoms with Crippen LogP contribution in [0, 0.1) is 0 Å².